The SMILES string of the molecule is CCC1(CC)CSC(=NCCc2nc(C)cs2)N1. The van der Waals surface area contributed by atoms with E-state index in [1.165, 1.54) is 17.8 Å². The van der Waals surface area contributed by atoms with Crippen LogP contribution in [0.4, 0.5) is 0 Å². The molecule has 0 aromatic carbocycles. The smallest absolute Gasteiger partial charge is 0.157 e. The molecule has 1 aliphatic heterocycles. The van der Waals surface area contributed by atoms with E-state index in [4.69, 9.17) is 0 Å². The Bertz CT molecular complexity index is 422. The molecule has 0 aliphatic carbocycles. The van der Waals surface area contributed by atoms with Gasteiger partial charge in [-0.2, -0.15) is 0 Å². The van der Waals surface area contributed by atoms with Crippen LogP contribution in [-0.2, 0) is 6.42 Å². The Labute approximate surface area is 118 Å². The molecule has 2 rings (SSSR count). The van der Waals surface area contributed by atoms with Crippen molar-refractivity contribution in [1.82, 2.24) is 10.3 Å². The third-order valence-corrected chi connectivity index (χ3v) is 5.69. The Morgan fingerprint density at radius 3 is 2.78 bits per heavy atom. The lowest BCUT2D eigenvalue weighted by Gasteiger charge is -2.25. The van der Waals surface area contributed by atoms with Crippen LogP contribution in [0.3, 0.4) is 0 Å². The molecule has 0 radical (unpaired) electrons. The number of aliphatic imine (C=N–C) groups is 1. The summed E-state index contributed by atoms with van der Waals surface area (Å²) < 4.78 is 0. The van der Waals surface area contributed by atoms with Gasteiger partial charge in [-0.15, -0.1) is 11.3 Å². The quantitative estimate of drug-likeness (QED) is 0.901. The summed E-state index contributed by atoms with van der Waals surface area (Å²) in [7, 11) is 0. The second-order valence-corrected chi connectivity index (χ2v) is 6.63. The van der Waals surface area contributed by atoms with Gasteiger partial charge >= 0.3 is 0 Å². The van der Waals surface area contributed by atoms with E-state index in [9.17, 15) is 0 Å². The van der Waals surface area contributed by atoms with Crippen molar-refractivity contribution in [3.63, 3.8) is 0 Å². The molecular formula is C13H21N3S2. The maximum atomic E-state index is 4.65. The zero-order chi connectivity index (χ0) is 13.0. The fourth-order valence-corrected chi connectivity index (χ4v) is 4.12. The molecule has 0 spiro atoms. The molecule has 1 saturated heterocycles. The highest BCUT2D eigenvalue weighted by atomic mass is 32.2. The molecule has 0 bridgehead atoms. The summed E-state index contributed by atoms with van der Waals surface area (Å²) >= 11 is 3.59. The fraction of sp³-hybridized carbons (Fsp3) is 0.692. The summed E-state index contributed by atoms with van der Waals surface area (Å²) in [4.78, 5) is 9.11. The van der Waals surface area contributed by atoms with Crippen LogP contribution in [0.25, 0.3) is 0 Å². The minimum Gasteiger partial charge on any atom is -0.359 e. The first kappa shape index (κ1) is 13.9. The molecule has 3 nitrogen and oxygen atoms in total. The lowest BCUT2D eigenvalue weighted by atomic mass is 9.96. The minimum atomic E-state index is 0.279. The van der Waals surface area contributed by atoms with Crippen LogP contribution < -0.4 is 5.32 Å². The van der Waals surface area contributed by atoms with Gasteiger partial charge in [-0.05, 0) is 19.8 Å². The van der Waals surface area contributed by atoms with Gasteiger partial charge in [0.15, 0.2) is 5.17 Å². The summed E-state index contributed by atoms with van der Waals surface area (Å²) in [5.41, 5.74) is 1.40. The Morgan fingerprint density at radius 2 is 2.22 bits per heavy atom. The molecule has 1 fully saturated rings. The first-order chi connectivity index (χ1) is 8.67. The van der Waals surface area contributed by atoms with Gasteiger partial charge in [0, 0.05) is 35.3 Å². The number of amidine groups is 1. The zero-order valence-corrected chi connectivity index (χ0v) is 13.0. The molecule has 1 N–H and O–H groups in total. The second kappa shape index (κ2) is 6.06. The molecule has 1 aromatic rings. The molecule has 100 valence electrons. The number of aromatic nitrogens is 1. The predicted molar refractivity (Wildman–Crippen MR) is 81.8 cm³/mol. The van der Waals surface area contributed by atoms with Crippen LogP contribution in [0.1, 0.15) is 37.4 Å². The van der Waals surface area contributed by atoms with E-state index in [-0.39, 0.29) is 5.54 Å². The first-order valence-electron chi connectivity index (χ1n) is 6.54. The Balaban J connectivity index is 1.84. The van der Waals surface area contributed by atoms with Crippen molar-refractivity contribution in [1.29, 1.82) is 0 Å². The standard InChI is InChI=1S/C13H21N3S2/c1-4-13(5-2)9-18-12(16-13)14-7-6-11-15-10(3)8-17-11/h8H,4-7,9H2,1-3H3,(H,14,16). The van der Waals surface area contributed by atoms with Gasteiger partial charge in [-0.25, -0.2) is 4.98 Å². The van der Waals surface area contributed by atoms with Crippen molar-refractivity contribution >= 4 is 28.3 Å². The van der Waals surface area contributed by atoms with Crippen LogP contribution in [0.2, 0.25) is 0 Å². The van der Waals surface area contributed by atoms with Gasteiger partial charge in [0.1, 0.15) is 0 Å². The summed E-state index contributed by atoms with van der Waals surface area (Å²) in [6, 6.07) is 0. The zero-order valence-electron chi connectivity index (χ0n) is 11.3. The van der Waals surface area contributed by atoms with Gasteiger partial charge in [0.05, 0.1) is 5.01 Å². The highest BCUT2D eigenvalue weighted by molar-refractivity contribution is 8.14. The number of aryl methyl sites for hydroxylation is 1. The normalized spacial score (nSPS) is 20.3. The number of thioether (sulfide) groups is 1. The molecular weight excluding hydrogens is 262 g/mol. The van der Waals surface area contributed by atoms with E-state index in [0.717, 1.165) is 29.6 Å². The van der Waals surface area contributed by atoms with Gasteiger partial charge in [0.2, 0.25) is 0 Å². The van der Waals surface area contributed by atoms with Gasteiger partial charge in [-0.1, -0.05) is 25.6 Å². The van der Waals surface area contributed by atoms with E-state index in [1.807, 2.05) is 18.7 Å². The highest BCUT2D eigenvalue weighted by Crippen LogP contribution is 2.28. The maximum Gasteiger partial charge on any atom is 0.157 e. The number of rotatable bonds is 5. The number of hydrogen-bond acceptors (Lipinski definition) is 4. The van der Waals surface area contributed by atoms with Crippen molar-refractivity contribution in [2.24, 2.45) is 4.99 Å². The van der Waals surface area contributed by atoms with E-state index in [0.29, 0.717) is 0 Å². The molecule has 0 unspecified atom stereocenters. The average molecular weight is 283 g/mol. The van der Waals surface area contributed by atoms with E-state index in [2.05, 4.69) is 34.5 Å². The van der Waals surface area contributed by atoms with Gasteiger partial charge < -0.3 is 5.32 Å². The summed E-state index contributed by atoms with van der Waals surface area (Å²) in [5, 5.41) is 8.00. The van der Waals surface area contributed by atoms with E-state index in [1.54, 1.807) is 11.3 Å². The molecule has 1 aromatic heterocycles. The van der Waals surface area contributed by atoms with Crippen molar-refractivity contribution in [2.45, 2.75) is 45.6 Å². The number of nitrogens with one attached hydrogen (secondary N) is 1. The third kappa shape index (κ3) is 3.26. The molecule has 0 amide bonds. The topological polar surface area (TPSA) is 37.3 Å². The molecule has 0 atom stereocenters. The predicted octanol–water partition coefficient (Wildman–Crippen LogP) is 3.25. The number of thiazole rings is 1. The first-order valence-corrected chi connectivity index (χ1v) is 8.40. The van der Waals surface area contributed by atoms with Crippen LogP contribution in [-0.4, -0.2) is 28.0 Å². The molecule has 18 heavy (non-hydrogen) atoms. The van der Waals surface area contributed by atoms with Crippen molar-refractivity contribution < 1.29 is 0 Å². The minimum absolute atomic E-state index is 0.279. The molecule has 2 heterocycles. The molecule has 5 heteroatoms. The highest BCUT2D eigenvalue weighted by Gasteiger charge is 2.33. The summed E-state index contributed by atoms with van der Waals surface area (Å²) in [6.07, 6.45) is 3.29. The third-order valence-electron chi connectivity index (χ3n) is 3.46. The largest absolute Gasteiger partial charge is 0.359 e. The van der Waals surface area contributed by atoms with Crippen LogP contribution in [0, 0.1) is 6.92 Å². The summed E-state index contributed by atoms with van der Waals surface area (Å²) in [5.74, 6) is 1.15. The van der Waals surface area contributed by atoms with Crippen molar-refractivity contribution in [2.75, 3.05) is 12.3 Å². The van der Waals surface area contributed by atoms with Crippen LogP contribution in [0.5, 0.6) is 0 Å². The Hall–Kier alpha value is -0.550. The van der Waals surface area contributed by atoms with Gasteiger partial charge in [0.25, 0.3) is 0 Å². The lowest BCUT2D eigenvalue weighted by molar-refractivity contribution is 0.407. The molecule has 1 aliphatic rings. The van der Waals surface area contributed by atoms with Crippen LogP contribution >= 0.6 is 23.1 Å². The fourth-order valence-electron chi connectivity index (χ4n) is 1.99. The van der Waals surface area contributed by atoms with Crippen molar-refractivity contribution in [3.8, 4) is 0 Å². The van der Waals surface area contributed by atoms with E-state index >= 15 is 0 Å². The van der Waals surface area contributed by atoms with Crippen molar-refractivity contribution in [3.05, 3.63) is 16.1 Å². The monoisotopic (exact) mass is 283 g/mol. The Kier molecular flexibility index (Phi) is 4.67. The lowest BCUT2D eigenvalue weighted by Crippen LogP contribution is -2.42. The van der Waals surface area contributed by atoms with Gasteiger partial charge in [-0.3, -0.25) is 4.99 Å². The maximum absolute atomic E-state index is 4.65. The Morgan fingerprint density at radius 1 is 1.44 bits per heavy atom. The second-order valence-electron chi connectivity index (χ2n) is 4.72. The summed E-state index contributed by atoms with van der Waals surface area (Å²) in [6.45, 7) is 7.37. The molecule has 0 saturated carbocycles. The van der Waals surface area contributed by atoms with Crippen LogP contribution in [0.15, 0.2) is 10.4 Å². The number of hydrogen-bond donors (Lipinski definition) is 1. The number of nitrogens with zero attached hydrogens (tertiary/aromatic N) is 2. The average Bonchev–Trinajstić information content (AvgIpc) is 2.97. The van der Waals surface area contributed by atoms with E-state index < -0.39 is 0 Å².